The van der Waals surface area contributed by atoms with Gasteiger partial charge in [-0.2, -0.15) is 0 Å². The minimum absolute atomic E-state index is 0.00468. The van der Waals surface area contributed by atoms with Crippen LogP contribution in [0.5, 0.6) is 0 Å². The van der Waals surface area contributed by atoms with Gasteiger partial charge in [-0.25, -0.2) is 0 Å². The summed E-state index contributed by atoms with van der Waals surface area (Å²) in [6.45, 7) is 5.68. The van der Waals surface area contributed by atoms with Crippen LogP contribution in [0, 0.1) is 0 Å². The zero-order valence-corrected chi connectivity index (χ0v) is 10.3. The van der Waals surface area contributed by atoms with Crippen molar-refractivity contribution < 1.29 is 0 Å². The summed E-state index contributed by atoms with van der Waals surface area (Å²) < 4.78 is 1.14. The van der Waals surface area contributed by atoms with Crippen LogP contribution in [0.15, 0.2) is 28.7 Å². The summed E-state index contributed by atoms with van der Waals surface area (Å²) in [6.07, 6.45) is 0. The van der Waals surface area contributed by atoms with Gasteiger partial charge in [0.1, 0.15) is 0 Å². The maximum Gasteiger partial charge on any atom is 0.0250 e. The summed E-state index contributed by atoms with van der Waals surface area (Å²) in [5, 5.41) is 3.41. The Kier molecular flexibility index (Phi) is 4.11. The summed E-state index contributed by atoms with van der Waals surface area (Å²) in [5.41, 5.74) is 6.89. The Morgan fingerprint density at radius 1 is 1.36 bits per heavy atom. The lowest BCUT2D eigenvalue weighted by atomic mass is 10.1. The molecule has 78 valence electrons. The van der Waals surface area contributed by atoms with E-state index >= 15 is 0 Å². The average molecular weight is 257 g/mol. The fraction of sp³-hybridized carbons (Fsp3) is 0.455. The highest BCUT2D eigenvalue weighted by Gasteiger charge is 2.14. The molecule has 1 aromatic rings. The van der Waals surface area contributed by atoms with Crippen molar-refractivity contribution in [2.45, 2.75) is 25.9 Å². The van der Waals surface area contributed by atoms with E-state index in [1.165, 1.54) is 5.56 Å². The van der Waals surface area contributed by atoms with Gasteiger partial charge in [0.2, 0.25) is 0 Å². The highest BCUT2D eigenvalue weighted by atomic mass is 79.9. The standard InChI is InChI=1S/C11H17BrN2/c1-11(2,8-13)14-7-9-5-3-4-6-10(9)12/h3-6,14H,7-8,13H2,1-2H3. The Morgan fingerprint density at radius 3 is 2.57 bits per heavy atom. The summed E-state index contributed by atoms with van der Waals surface area (Å²) in [5.74, 6) is 0. The first-order valence-electron chi connectivity index (χ1n) is 4.74. The number of benzene rings is 1. The highest BCUT2D eigenvalue weighted by molar-refractivity contribution is 9.10. The minimum Gasteiger partial charge on any atom is -0.329 e. The average Bonchev–Trinajstić information content (AvgIpc) is 2.17. The number of hydrogen-bond donors (Lipinski definition) is 2. The molecule has 1 aromatic carbocycles. The van der Waals surface area contributed by atoms with Crippen molar-refractivity contribution in [3.05, 3.63) is 34.3 Å². The molecule has 0 aliphatic carbocycles. The Balaban J connectivity index is 2.58. The third-order valence-corrected chi connectivity index (χ3v) is 3.00. The predicted octanol–water partition coefficient (Wildman–Crippen LogP) is 2.28. The predicted molar refractivity (Wildman–Crippen MR) is 64.1 cm³/mol. The molecule has 14 heavy (non-hydrogen) atoms. The lowest BCUT2D eigenvalue weighted by Gasteiger charge is -2.24. The second kappa shape index (κ2) is 4.91. The van der Waals surface area contributed by atoms with Crippen LogP contribution >= 0.6 is 15.9 Å². The van der Waals surface area contributed by atoms with Crippen LogP contribution in [0.4, 0.5) is 0 Å². The van der Waals surface area contributed by atoms with Crippen LogP contribution in [-0.2, 0) is 6.54 Å². The molecule has 1 rings (SSSR count). The maximum absolute atomic E-state index is 5.63. The molecule has 0 saturated heterocycles. The lowest BCUT2D eigenvalue weighted by Crippen LogP contribution is -2.45. The monoisotopic (exact) mass is 256 g/mol. The quantitative estimate of drug-likeness (QED) is 0.868. The van der Waals surface area contributed by atoms with Gasteiger partial charge >= 0.3 is 0 Å². The molecule has 0 aromatic heterocycles. The van der Waals surface area contributed by atoms with Gasteiger partial charge in [-0.3, -0.25) is 0 Å². The van der Waals surface area contributed by atoms with E-state index in [2.05, 4.69) is 41.2 Å². The van der Waals surface area contributed by atoms with Crippen molar-refractivity contribution >= 4 is 15.9 Å². The summed E-state index contributed by atoms with van der Waals surface area (Å²) in [4.78, 5) is 0. The molecule has 3 N–H and O–H groups in total. The molecule has 3 heteroatoms. The van der Waals surface area contributed by atoms with E-state index in [0.717, 1.165) is 11.0 Å². The molecule has 0 aliphatic heterocycles. The molecule has 2 nitrogen and oxygen atoms in total. The molecule has 0 aliphatic rings. The molecular formula is C11H17BrN2. The Labute approximate surface area is 94.0 Å². The molecule has 0 spiro atoms. The van der Waals surface area contributed by atoms with E-state index < -0.39 is 0 Å². The molecule has 0 saturated carbocycles. The van der Waals surface area contributed by atoms with E-state index in [9.17, 15) is 0 Å². The van der Waals surface area contributed by atoms with Gasteiger partial charge in [-0.15, -0.1) is 0 Å². The Bertz CT molecular complexity index is 297. The largest absolute Gasteiger partial charge is 0.329 e. The number of hydrogen-bond acceptors (Lipinski definition) is 2. The van der Waals surface area contributed by atoms with Gasteiger partial charge in [-0.1, -0.05) is 34.1 Å². The summed E-state index contributed by atoms with van der Waals surface area (Å²) in [6, 6.07) is 8.20. The number of halogens is 1. The van der Waals surface area contributed by atoms with Gasteiger partial charge in [0.25, 0.3) is 0 Å². The Hall–Kier alpha value is -0.380. The van der Waals surface area contributed by atoms with E-state index in [1.54, 1.807) is 0 Å². The second-order valence-electron chi connectivity index (χ2n) is 4.03. The molecular weight excluding hydrogens is 240 g/mol. The normalized spacial score (nSPS) is 11.7. The fourth-order valence-electron chi connectivity index (χ4n) is 1.05. The fourth-order valence-corrected chi connectivity index (χ4v) is 1.47. The first-order chi connectivity index (χ1) is 6.55. The minimum atomic E-state index is -0.00468. The smallest absolute Gasteiger partial charge is 0.0250 e. The molecule has 0 heterocycles. The van der Waals surface area contributed by atoms with Crippen molar-refractivity contribution in [2.75, 3.05) is 6.54 Å². The number of rotatable bonds is 4. The van der Waals surface area contributed by atoms with Crippen molar-refractivity contribution in [1.29, 1.82) is 0 Å². The van der Waals surface area contributed by atoms with Crippen LogP contribution in [0.2, 0.25) is 0 Å². The van der Waals surface area contributed by atoms with E-state index in [4.69, 9.17) is 5.73 Å². The van der Waals surface area contributed by atoms with Crippen molar-refractivity contribution in [2.24, 2.45) is 5.73 Å². The van der Waals surface area contributed by atoms with Crippen molar-refractivity contribution in [3.63, 3.8) is 0 Å². The third-order valence-electron chi connectivity index (χ3n) is 2.23. The number of nitrogens with one attached hydrogen (secondary N) is 1. The molecule has 0 fully saturated rings. The summed E-state index contributed by atoms with van der Waals surface area (Å²) >= 11 is 3.51. The van der Waals surface area contributed by atoms with Gasteiger partial charge < -0.3 is 11.1 Å². The van der Waals surface area contributed by atoms with Gasteiger partial charge in [0.05, 0.1) is 0 Å². The Morgan fingerprint density at radius 2 is 2.00 bits per heavy atom. The van der Waals surface area contributed by atoms with Crippen molar-refractivity contribution in [3.8, 4) is 0 Å². The van der Waals surface area contributed by atoms with Gasteiger partial charge in [-0.05, 0) is 25.5 Å². The van der Waals surface area contributed by atoms with Crippen LogP contribution < -0.4 is 11.1 Å². The van der Waals surface area contributed by atoms with Crippen LogP contribution in [0.3, 0.4) is 0 Å². The highest BCUT2D eigenvalue weighted by Crippen LogP contribution is 2.16. The SMILES string of the molecule is CC(C)(CN)NCc1ccccc1Br. The molecule has 0 bridgehead atoms. The third kappa shape index (κ3) is 3.40. The van der Waals surface area contributed by atoms with E-state index in [1.807, 2.05) is 18.2 Å². The zero-order valence-electron chi connectivity index (χ0n) is 8.68. The molecule has 0 atom stereocenters. The maximum atomic E-state index is 5.63. The zero-order chi connectivity index (χ0) is 10.6. The van der Waals surface area contributed by atoms with E-state index in [-0.39, 0.29) is 5.54 Å². The second-order valence-corrected chi connectivity index (χ2v) is 4.89. The molecule has 0 unspecified atom stereocenters. The van der Waals surface area contributed by atoms with Crippen molar-refractivity contribution in [1.82, 2.24) is 5.32 Å². The lowest BCUT2D eigenvalue weighted by molar-refractivity contribution is 0.396. The first-order valence-corrected chi connectivity index (χ1v) is 5.53. The van der Waals surface area contributed by atoms with Crippen LogP contribution in [-0.4, -0.2) is 12.1 Å². The van der Waals surface area contributed by atoms with Crippen LogP contribution in [0.1, 0.15) is 19.4 Å². The van der Waals surface area contributed by atoms with Crippen LogP contribution in [0.25, 0.3) is 0 Å². The van der Waals surface area contributed by atoms with Gasteiger partial charge in [0.15, 0.2) is 0 Å². The molecule has 0 radical (unpaired) electrons. The van der Waals surface area contributed by atoms with E-state index in [0.29, 0.717) is 6.54 Å². The van der Waals surface area contributed by atoms with Gasteiger partial charge in [0, 0.05) is 23.1 Å². The molecule has 0 amide bonds. The number of nitrogens with two attached hydrogens (primary N) is 1. The topological polar surface area (TPSA) is 38.0 Å². The summed E-state index contributed by atoms with van der Waals surface area (Å²) in [7, 11) is 0. The first kappa shape index (κ1) is 11.7.